The van der Waals surface area contributed by atoms with E-state index in [2.05, 4.69) is 51.8 Å². The molecule has 3 aliphatic heterocycles. The maximum Gasteiger partial charge on any atom is 0.0803 e. The number of piperidine rings is 3. The number of hydrogen-bond donors (Lipinski definition) is 1. The molecule has 2 aromatic heterocycles. The standard InChI is InChI=1S/C17H21N3S/c1-12-17(13-6-8-20(12)9-7-13)19-14-4-5-15(18-11-14)16-3-2-10-21-16/h2-5,10-13,17,19H,6-9H2,1H3. The van der Waals surface area contributed by atoms with Crippen LogP contribution in [-0.2, 0) is 0 Å². The third-order valence-corrected chi connectivity index (χ3v) is 5.94. The predicted molar refractivity (Wildman–Crippen MR) is 88.7 cm³/mol. The van der Waals surface area contributed by atoms with E-state index in [0.717, 1.165) is 17.3 Å². The Morgan fingerprint density at radius 1 is 1.24 bits per heavy atom. The fourth-order valence-corrected chi connectivity index (χ4v) is 4.49. The van der Waals surface area contributed by atoms with Crippen LogP contribution in [0, 0.1) is 5.92 Å². The lowest BCUT2D eigenvalue weighted by Crippen LogP contribution is -2.59. The van der Waals surface area contributed by atoms with Crippen molar-refractivity contribution < 1.29 is 0 Å². The van der Waals surface area contributed by atoms with Crippen LogP contribution in [0.1, 0.15) is 19.8 Å². The van der Waals surface area contributed by atoms with Gasteiger partial charge in [-0.05, 0) is 62.4 Å². The number of aromatic nitrogens is 1. The molecule has 2 unspecified atom stereocenters. The molecule has 2 aromatic rings. The minimum Gasteiger partial charge on any atom is -0.379 e. The molecule has 1 N–H and O–H groups in total. The van der Waals surface area contributed by atoms with Crippen molar-refractivity contribution in [2.45, 2.75) is 31.8 Å². The number of pyridine rings is 1. The summed E-state index contributed by atoms with van der Waals surface area (Å²) < 4.78 is 0. The number of nitrogens with zero attached hydrogens (tertiary/aromatic N) is 2. The van der Waals surface area contributed by atoms with E-state index in [1.54, 1.807) is 11.3 Å². The zero-order valence-electron chi connectivity index (χ0n) is 12.3. The molecule has 3 fully saturated rings. The Labute approximate surface area is 130 Å². The molecule has 21 heavy (non-hydrogen) atoms. The lowest BCUT2D eigenvalue weighted by atomic mass is 9.79. The third kappa shape index (κ3) is 2.47. The van der Waals surface area contributed by atoms with Gasteiger partial charge < -0.3 is 5.32 Å². The number of nitrogens with one attached hydrogen (secondary N) is 1. The van der Waals surface area contributed by atoms with E-state index in [9.17, 15) is 0 Å². The largest absolute Gasteiger partial charge is 0.379 e. The van der Waals surface area contributed by atoms with Crippen LogP contribution in [0.25, 0.3) is 10.6 Å². The van der Waals surface area contributed by atoms with Crippen molar-refractivity contribution in [2.75, 3.05) is 18.4 Å². The molecule has 2 bridgehead atoms. The molecule has 5 heterocycles. The Balaban J connectivity index is 1.50. The van der Waals surface area contributed by atoms with Crippen molar-refractivity contribution in [3.05, 3.63) is 35.8 Å². The first-order valence-corrected chi connectivity index (χ1v) is 8.70. The summed E-state index contributed by atoms with van der Waals surface area (Å²) >= 11 is 1.74. The van der Waals surface area contributed by atoms with Crippen molar-refractivity contribution in [1.29, 1.82) is 0 Å². The van der Waals surface area contributed by atoms with Gasteiger partial charge in [-0.2, -0.15) is 0 Å². The van der Waals surface area contributed by atoms with Gasteiger partial charge in [-0.15, -0.1) is 11.3 Å². The molecule has 0 saturated carbocycles. The highest BCUT2D eigenvalue weighted by Crippen LogP contribution is 2.34. The Kier molecular flexibility index (Phi) is 3.43. The van der Waals surface area contributed by atoms with Gasteiger partial charge in [-0.1, -0.05) is 6.07 Å². The van der Waals surface area contributed by atoms with Gasteiger partial charge >= 0.3 is 0 Å². The summed E-state index contributed by atoms with van der Waals surface area (Å²) in [7, 11) is 0. The lowest BCUT2D eigenvalue weighted by Gasteiger charge is -2.50. The minimum absolute atomic E-state index is 0.571. The first-order chi connectivity index (χ1) is 10.3. The molecule has 110 valence electrons. The van der Waals surface area contributed by atoms with Crippen molar-refractivity contribution in [3.8, 4) is 10.6 Å². The molecule has 3 saturated heterocycles. The Bertz CT molecular complexity index is 583. The van der Waals surface area contributed by atoms with Crippen LogP contribution in [0.5, 0.6) is 0 Å². The van der Waals surface area contributed by atoms with Crippen molar-refractivity contribution in [2.24, 2.45) is 5.92 Å². The molecule has 0 aromatic carbocycles. The molecule has 3 nitrogen and oxygen atoms in total. The topological polar surface area (TPSA) is 28.2 Å². The van der Waals surface area contributed by atoms with E-state index in [-0.39, 0.29) is 0 Å². The molecule has 4 heteroatoms. The Morgan fingerprint density at radius 3 is 2.71 bits per heavy atom. The van der Waals surface area contributed by atoms with Crippen molar-refractivity contribution in [1.82, 2.24) is 9.88 Å². The molecule has 3 aliphatic rings. The second-order valence-electron chi connectivity index (χ2n) is 6.19. The van der Waals surface area contributed by atoms with Gasteiger partial charge in [0.25, 0.3) is 0 Å². The van der Waals surface area contributed by atoms with E-state index >= 15 is 0 Å². The molecule has 0 aliphatic carbocycles. The number of fused-ring (bicyclic) bond motifs is 3. The average Bonchev–Trinajstić information content (AvgIpc) is 3.06. The van der Waals surface area contributed by atoms with Crippen LogP contribution in [0.15, 0.2) is 35.8 Å². The Hall–Kier alpha value is -1.39. The summed E-state index contributed by atoms with van der Waals surface area (Å²) in [6.07, 6.45) is 4.66. The first kappa shape index (κ1) is 13.3. The summed E-state index contributed by atoms with van der Waals surface area (Å²) in [5.74, 6) is 0.821. The monoisotopic (exact) mass is 299 g/mol. The molecular formula is C17H21N3S. The zero-order chi connectivity index (χ0) is 14.2. The van der Waals surface area contributed by atoms with Crippen LogP contribution in [0.3, 0.4) is 0 Å². The van der Waals surface area contributed by atoms with E-state index in [1.807, 2.05) is 6.20 Å². The van der Waals surface area contributed by atoms with Gasteiger partial charge in [0.15, 0.2) is 0 Å². The van der Waals surface area contributed by atoms with Gasteiger partial charge in [-0.25, -0.2) is 0 Å². The summed E-state index contributed by atoms with van der Waals surface area (Å²) in [4.78, 5) is 8.46. The SMILES string of the molecule is CC1C(Nc2ccc(-c3cccs3)nc2)C2CCN1CC2. The first-order valence-electron chi connectivity index (χ1n) is 7.82. The maximum absolute atomic E-state index is 4.61. The fourth-order valence-electron chi connectivity index (χ4n) is 3.79. The highest BCUT2D eigenvalue weighted by Gasteiger charge is 2.39. The maximum atomic E-state index is 4.61. The summed E-state index contributed by atoms with van der Waals surface area (Å²) in [6, 6.07) is 9.70. The van der Waals surface area contributed by atoms with Crippen LogP contribution in [-0.4, -0.2) is 35.1 Å². The van der Waals surface area contributed by atoms with E-state index in [4.69, 9.17) is 0 Å². The zero-order valence-corrected chi connectivity index (χ0v) is 13.1. The highest BCUT2D eigenvalue weighted by molar-refractivity contribution is 7.13. The second-order valence-corrected chi connectivity index (χ2v) is 7.14. The summed E-state index contributed by atoms with van der Waals surface area (Å²) in [5, 5.41) is 5.83. The predicted octanol–water partition coefficient (Wildman–Crippen LogP) is 3.70. The normalized spacial score (nSPS) is 31.3. The third-order valence-electron chi connectivity index (χ3n) is 5.05. The van der Waals surface area contributed by atoms with E-state index in [1.165, 1.54) is 30.8 Å². The van der Waals surface area contributed by atoms with E-state index < -0.39 is 0 Å². The molecule has 0 amide bonds. The quantitative estimate of drug-likeness (QED) is 0.936. The molecule has 0 spiro atoms. The minimum atomic E-state index is 0.571. The molecule has 0 radical (unpaired) electrons. The van der Waals surface area contributed by atoms with Crippen LogP contribution < -0.4 is 5.32 Å². The second kappa shape index (κ2) is 5.43. The van der Waals surface area contributed by atoms with E-state index in [0.29, 0.717) is 12.1 Å². The van der Waals surface area contributed by atoms with Gasteiger partial charge in [-0.3, -0.25) is 9.88 Å². The van der Waals surface area contributed by atoms with Gasteiger partial charge in [0.1, 0.15) is 0 Å². The van der Waals surface area contributed by atoms with Crippen molar-refractivity contribution in [3.63, 3.8) is 0 Å². The summed E-state index contributed by atoms with van der Waals surface area (Å²) in [5.41, 5.74) is 2.22. The molecular weight excluding hydrogens is 278 g/mol. The number of hydrogen-bond acceptors (Lipinski definition) is 4. The van der Waals surface area contributed by atoms with Gasteiger partial charge in [0.05, 0.1) is 22.5 Å². The number of thiophene rings is 1. The summed E-state index contributed by atoms with van der Waals surface area (Å²) in [6.45, 7) is 4.91. The molecule has 2 atom stereocenters. The fraction of sp³-hybridized carbons (Fsp3) is 0.471. The lowest BCUT2D eigenvalue weighted by molar-refractivity contribution is 0.0458. The van der Waals surface area contributed by atoms with Gasteiger partial charge in [0, 0.05) is 12.1 Å². The van der Waals surface area contributed by atoms with Gasteiger partial charge in [0.2, 0.25) is 0 Å². The van der Waals surface area contributed by atoms with Crippen molar-refractivity contribution >= 4 is 17.0 Å². The molecule has 5 rings (SSSR count). The number of anilines is 1. The van der Waals surface area contributed by atoms with Crippen LogP contribution >= 0.6 is 11.3 Å². The highest BCUT2D eigenvalue weighted by atomic mass is 32.1. The van der Waals surface area contributed by atoms with Crippen LogP contribution in [0.2, 0.25) is 0 Å². The van der Waals surface area contributed by atoms with Crippen LogP contribution in [0.4, 0.5) is 5.69 Å². The number of rotatable bonds is 3. The Morgan fingerprint density at radius 2 is 2.10 bits per heavy atom. The smallest absolute Gasteiger partial charge is 0.0803 e. The average molecular weight is 299 g/mol.